The molecule has 1 fully saturated rings. The minimum absolute atomic E-state index is 0. The van der Waals surface area contributed by atoms with E-state index in [4.69, 9.17) is 14.5 Å². The highest BCUT2D eigenvalue weighted by Gasteiger charge is 2.27. The van der Waals surface area contributed by atoms with Crippen LogP contribution >= 0.6 is 28.3 Å². The van der Waals surface area contributed by atoms with Crippen molar-refractivity contribution in [2.24, 2.45) is 4.99 Å². The van der Waals surface area contributed by atoms with Gasteiger partial charge in [0.2, 0.25) is 10.0 Å². The number of thiazole rings is 1. The fourth-order valence-corrected chi connectivity index (χ4v) is 7.01. The number of aromatic nitrogens is 1. The molecule has 0 aliphatic carbocycles. The molecule has 39 heavy (non-hydrogen) atoms. The Kier molecular flexibility index (Phi) is 9.66. The molecule has 3 aromatic carbocycles. The highest BCUT2D eigenvalue weighted by Crippen LogP contribution is 2.26. The number of halogens is 1. The topological polar surface area (TPSA) is 73.1 Å². The summed E-state index contributed by atoms with van der Waals surface area (Å²) in [5, 5.41) is 2.08. The normalized spacial score (nSPS) is 14.3. The number of methoxy groups -OCH3 is 2. The number of nitrogens with zero attached hydrogens (tertiary/aromatic N) is 3. The lowest BCUT2D eigenvalue weighted by Crippen LogP contribution is -2.27. The molecule has 2 heterocycles. The van der Waals surface area contributed by atoms with Crippen molar-refractivity contribution in [2.45, 2.75) is 30.7 Å². The van der Waals surface area contributed by atoms with E-state index < -0.39 is 10.0 Å². The first-order chi connectivity index (χ1) is 18.5. The third kappa shape index (κ3) is 6.63. The fraction of sp³-hybridized carbons (Fsp3) is 0.276. The minimum Gasteiger partial charge on any atom is -0.497 e. The summed E-state index contributed by atoms with van der Waals surface area (Å²) >= 11 is 1.57. The second-order valence-electron chi connectivity index (χ2n) is 9.10. The monoisotopic (exact) mass is 629 g/mol. The summed E-state index contributed by atoms with van der Waals surface area (Å²) < 4.78 is 40.3. The standard InChI is InChI=1S/C29H31N3O4S2.BrH/c1-35-25-11-5-22(6-12-25)17-20-32-28(21-37-29(32)30-24-9-13-26(36-2)14-10-24)23-7-15-27(16-8-23)38(33,34)31-18-3-4-19-31;/h5-16,21H,3-4,17-20H2,1-2H3;1H. The third-order valence-corrected chi connectivity index (χ3v) is 9.51. The number of rotatable bonds is 9. The maximum Gasteiger partial charge on any atom is 0.243 e. The van der Waals surface area contributed by atoms with Gasteiger partial charge in [0, 0.05) is 25.0 Å². The number of ether oxygens (including phenoxy) is 2. The molecule has 0 amide bonds. The second kappa shape index (κ2) is 13.0. The largest absolute Gasteiger partial charge is 0.497 e. The molecule has 0 radical (unpaired) electrons. The maximum absolute atomic E-state index is 13.0. The molecular weight excluding hydrogens is 598 g/mol. The molecule has 0 atom stereocenters. The Morgan fingerprint density at radius 2 is 1.44 bits per heavy atom. The number of hydrogen-bond acceptors (Lipinski definition) is 6. The molecule has 0 bridgehead atoms. The Labute approximate surface area is 244 Å². The number of benzene rings is 3. The zero-order valence-corrected chi connectivity index (χ0v) is 25.3. The molecule has 0 unspecified atom stereocenters. The van der Waals surface area contributed by atoms with Crippen LogP contribution in [0.3, 0.4) is 0 Å². The van der Waals surface area contributed by atoms with Gasteiger partial charge >= 0.3 is 0 Å². The summed E-state index contributed by atoms with van der Waals surface area (Å²) in [6.07, 6.45) is 2.65. The number of sulfonamides is 1. The fourth-order valence-electron chi connectivity index (χ4n) is 4.54. The molecule has 0 N–H and O–H groups in total. The molecule has 206 valence electrons. The van der Waals surface area contributed by atoms with E-state index >= 15 is 0 Å². The van der Waals surface area contributed by atoms with Crippen molar-refractivity contribution >= 4 is 44.0 Å². The second-order valence-corrected chi connectivity index (χ2v) is 11.9. The quantitative estimate of drug-likeness (QED) is 0.225. The first kappa shape index (κ1) is 29.1. The summed E-state index contributed by atoms with van der Waals surface area (Å²) in [4.78, 5) is 6.12. The predicted molar refractivity (Wildman–Crippen MR) is 161 cm³/mol. The average molecular weight is 631 g/mol. The van der Waals surface area contributed by atoms with E-state index in [1.54, 1.807) is 42.0 Å². The van der Waals surface area contributed by atoms with Gasteiger partial charge in [-0.3, -0.25) is 0 Å². The highest BCUT2D eigenvalue weighted by molar-refractivity contribution is 8.93. The smallest absolute Gasteiger partial charge is 0.243 e. The van der Waals surface area contributed by atoms with Gasteiger partial charge in [-0.2, -0.15) is 4.31 Å². The van der Waals surface area contributed by atoms with E-state index in [0.717, 1.165) is 52.5 Å². The Balaban J connectivity index is 0.00000353. The first-order valence-corrected chi connectivity index (χ1v) is 14.9. The van der Waals surface area contributed by atoms with Crippen molar-refractivity contribution in [1.29, 1.82) is 0 Å². The van der Waals surface area contributed by atoms with Crippen LogP contribution in [0.4, 0.5) is 5.69 Å². The maximum atomic E-state index is 13.0. The third-order valence-electron chi connectivity index (χ3n) is 6.73. The van der Waals surface area contributed by atoms with Crippen molar-refractivity contribution in [3.05, 3.63) is 88.5 Å². The van der Waals surface area contributed by atoms with Gasteiger partial charge in [-0.1, -0.05) is 24.3 Å². The van der Waals surface area contributed by atoms with E-state index in [9.17, 15) is 8.42 Å². The molecule has 1 aliphatic heterocycles. The highest BCUT2D eigenvalue weighted by atomic mass is 79.9. The lowest BCUT2D eigenvalue weighted by molar-refractivity contribution is 0.414. The molecule has 0 saturated carbocycles. The molecule has 0 spiro atoms. The molecule has 1 saturated heterocycles. The van der Waals surface area contributed by atoms with Gasteiger partial charge in [0.05, 0.1) is 30.5 Å². The Hall–Kier alpha value is -2.92. The van der Waals surface area contributed by atoms with Gasteiger partial charge in [0.15, 0.2) is 4.80 Å². The van der Waals surface area contributed by atoms with Crippen LogP contribution in [-0.2, 0) is 23.0 Å². The van der Waals surface area contributed by atoms with Crippen LogP contribution in [0, 0.1) is 0 Å². The predicted octanol–water partition coefficient (Wildman–Crippen LogP) is 6.07. The van der Waals surface area contributed by atoms with Gasteiger partial charge in [0.25, 0.3) is 0 Å². The minimum atomic E-state index is -3.45. The van der Waals surface area contributed by atoms with E-state index in [-0.39, 0.29) is 17.0 Å². The molecule has 1 aromatic heterocycles. The van der Waals surface area contributed by atoms with Crippen LogP contribution in [0.25, 0.3) is 11.3 Å². The van der Waals surface area contributed by atoms with E-state index in [1.165, 1.54) is 5.56 Å². The van der Waals surface area contributed by atoms with E-state index in [2.05, 4.69) is 22.1 Å². The summed E-state index contributed by atoms with van der Waals surface area (Å²) in [7, 11) is -0.142. The molecular formula is C29H32BrN3O4S2. The van der Waals surface area contributed by atoms with Crippen molar-refractivity contribution in [2.75, 3.05) is 27.3 Å². The molecule has 4 aromatic rings. The molecule has 7 nitrogen and oxygen atoms in total. The number of hydrogen-bond donors (Lipinski definition) is 0. The van der Waals surface area contributed by atoms with Crippen molar-refractivity contribution < 1.29 is 17.9 Å². The van der Waals surface area contributed by atoms with Crippen molar-refractivity contribution in [3.8, 4) is 22.8 Å². The van der Waals surface area contributed by atoms with Gasteiger partial charge in [-0.25, -0.2) is 13.4 Å². The van der Waals surface area contributed by atoms with Gasteiger partial charge in [0.1, 0.15) is 11.5 Å². The zero-order valence-electron chi connectivity index (χ0n) is 21.9. The van der Waals surface area contributed by atoms with Gasteiger partial charge < -0.3 is 14.0 Å². The van der Waals surface area contributed by atoms with Gasteiger partial charge in [-0.15, -0.1) is 28.3 Å². The lowest BCUT2D eigenvalue weighted by Gasteiger charge is -2.16. The Morgan fingerprint density at radius 1 is 0.846 bits per heavy atom. The summed E-state index contributed by atoms with van der Waals surface area (Å²) in [6, 6.07) is 23.0. The van der Waals surface area contributed by atoms with Crippen LogP contribution < -0.4 is 14.3 Å². The van der Waals surface area contributed by atoms with Crippen LogP contribution in [0.15, 0.2) is 88.1 Å². The average Bonchev–Trinajstić information content (AvgIpc) is 3.64. The van der Waals surface area contributed by atoms with Crippen LogP contribution in [0.2, 0.25) is 0 Å². The van der Waals surface area contributed by atoms with Crippen LogP contribution in [0.5, 0.6) is 11.5 Å². The van der Waals surface area contributed by atoms with Crippen LogP contribution in [0.1, 0.15) is 18.4 Å². The first-order valence-electron chi connectivity index (χ1n) is 12.6. The molecule has 1 aliphatic rings. The lowest BCUT2D eigenvalue weighted by atomic mass is 10.1. The Bertz CT molecular complexity index is 1540. The van der Waals surface area contributed by atoms with E-state index in [0.29, 0.717) is 24.5 Å². The SMILES string of the molecule is Br.COc1ccc(CCn2c(-c3ccc(S(=O)(=O)N4CCCC4)cc3)csc2=Nc2ccc(OC)cc2)cc1. The number of aryl methyl sites for hydroxylation is 1. The van der Waals surface area contributed by atoms with Crippen molar-refractivity contribution in [1.82, 2.24) is 8.87 Å². The van der Waals surface area contributed by atoms with Gasteiger partial charge in [-0.05, 0) is 78.9 Å². The summed E-state index contributed by atoms with van der Waals surface area (Å²) in [6.45, 7) is 1.90. The molecule has 5 rings (SSSR count). The van der Waals surface area contributed by atoms with Crippen LogP contribution in [-0.4, -0.2) is 44.6 Å². The summed E-state index contributed by atoms with van der Waals surface area (Å²) in [5.41, 5.74) is 3.98. The van der Waals surface area contributed by atoms with Crippen molar-refractivity contribution in [3.63, 3.8) is 0 Å². The van der Waals surface area contributed by atoms with E-state index in [1.807, 2.05) is 48.5 Å². The molecule has 10 heteroatoms. The zero-order chi connectivity index (χ0) is 26.5. The Morgan fingerprint density at radius 3 is 2.03 bits per heavy atom. The summed E-state index contributed by atoms with van der Waals surface area (Å²) in [5.74, 6) is 1.61.